The number of carbonyl (C=O) groups excluding carboxylic acids is 1. The van der Waals surface area contributed by atoms with Gasteiger partial charge in [-0.05, 0) is 87.3 Å². The van der Waals surface area contributed by atoms with E-state index in [9.17, 15) is 14.4 Å². The van der Waals surface area contributed by atoms with Gasteiger partial charge in [-0.1, -0.05) is 6.07 Å². The molecule has 0 atom stereocenters. The van der Waals surface area contributed by atoms with E-state index in [0.29, 0.717) is 23.0 Å². The van der Waals surface area contributed by atoms with Crippen molar-refractivity contribution in [2.24, 2.45) is 5.92 Å². The summed E-state index contributed by atoms with van der Waals surface area (Å²) in [5.74, 6) is 5.74. The topological polar surface area (TPSA) is 79.9 Å². The molecular formula is C29H31FN4O2. The van der Waals surface area contributed by atoms with Crippen LogP contribution in [0.15, 0.2) is 42.6 Å². The lowest BCUT2D eigenvalue weighted by Crippen LogP contribution is -2.16. The van der Waals surface area contributed by atoms with Gasteiger partial charge in [0.1, 0.15) is 6.67 Å². The van der Waals surface area contributed by atoms with Crippen LogP contribution in [-0.2, 0) is 27.9 Å². The van der Waals surface area contributed by atoms with Crippen LogP contribution in [0, 0.1) is 29.1 Å². The van der Waals surface area contributed by atoms with Gasteiger partial charge in [-0.3, -0.25) is 9.78 Å². The minimum absolute atomic E-state index is 0.177. The Kier molecular flexibility index (Phi) is 8.03. The summed E-state index contributed by atoms with van der Waals surface area (Å²) in [6, 6.07) is 13.8. The lowest BCUT2D eigenvalue weighted by molar-refractivity contribution is -0.111. The van der Waals surface area contributed by atoms with Crippen molar-refractivity contribution in [1.29, 1.82) is 5.26 Å². The Morgan fingerprint density at radius 2 is 2.06 bits per heavy atom. The Morgan fingerprint density at radius 3 is 2.75 bits per heavy atom. The number of hydrogen-bond donors (Lipinski definition) is 1. The van der Waals surface area contributed by atoms with Crippen LogP contribution in [0.2, 0.25) is 0 Å². The maximum absolute atomic E-state index is 13.3. The third-order valence-electron chi connectivity index (χ3n) is 6.70. The highest BCUT2D eigenvalue weighted by Gasteiger charge is 2.21. The van der Waals surface area contributed by atoms with Crippen LogP contribution in [0.4, 0.5) is 10.1 Å². The molecule has 1 aliphatic rings. The molecule has 3 aromatic rings. The maximum atomic E-state index is 13.3. The first-order valence-electron chi connectivity index (χ1n) is 12.4. The highest BCUT2D eigenvalue weighted by atomic mass is 19.1. The monoisotopic (exact) mass is 486 g/mol. The minimum Gasteiger partial charge on any atom is -0.381 e. The van der Waals surface area contributed by atoms with Gasteiger partial charge in [0.2, 0.25) is 0 Å². The minimum atomic E-state index is -0.711. The third kappa shape index (κ3) is 6.11. The molecule has 0 spiro atoms. The number of amides is 1. The number of nitrogens with one attached hydrogen (secondary N) is 1. The van der Waals surface area contributed by atoms with Gasteiger partial charge < -0.3 is 14.6 Å². The van der Waals surface area contributed by atoms with Gasteiger partial charge in [0.15, 0.2) is 0 Å². The predicted octanol–water partition coefficient (Wildman–Crippen LogP) is 5.16. The van der Waals surface area contributed by atoms with Crippen molar-refractivity contribution in [3.8, 4) is 17.9 Å². The molecule has 4 rings (SSSR count). The standard InChI is InChI=1S/C29H31FN4O2/c1-29(2,20-31)27-9-6-24(19-32-27)33-28(35)10-7-25-18-23-17-22(4-3-21-11-15-36-16-12-21)5-8-26(23)34(25)14-13-30/h5-6,8-9,17-19,21H,3-4,11-16H2,1-2H3,(H,33,35). The van der Waals surface area contributed by atoms with Crippen molar-refractivity contribution in [3.05, 3.63) is 59.5 Å². The van der Waals surface area contributed by atoms with E-state index in [-0.39, 0.29) is 6.54 Å². The number of aromatic nitrogens is 2. The van der Waals surface area contributed by atoms with Crippen molar-refractivity contribution in [3.63, 3.8) is 0 Å². The maximum Gasteiger partial charge on any atom is 0.300 e. The van der Waals surface area contributed by atoms with Crippen molar-refractivity contribution in [2.45, 2.75) is 51.5 Å². The quantitative estimate of drug-likeness (QED) is 0.468. The van der Waals surface area contributed by atoms with E-state index < -0.39 is 18.0 Å². The zero-order valence-electron chi connectivity index (χ0n) is 20.8. The molecule has 0 aliphatic carbocycles. The molecule has 2 aromatic heterocycles. The second-order valence-corrected chi connectivity index (χ2v) is 9.73. The zero-order valence-corrected chi connectivity index (χ0v) is 20.8. The van der Waals surface area contributed by atoms with Gasteiger partial charge >= 0.3 is 5.91 Å². The molecule has 1 aromatic carbocycles. The molecule has 0 saturated carbocycles. The highest BCUT2D eigenvalue weighted by Crippen LogP contribution is 2.25. The number of rotatable bonds is 7. The number of benzene rings is 1. The number of alkyl halides is 1. The number of aryl methyl sites for hydroxylation is 2. The summed E-state index contributed by atoms with van der Waals surface area (Å²) in [5.41, 5.74) is 3.16. The molecule has 186 valence electrons. The summed E-state index contributed by atoms with van der Waals surface area (Å²) in [5, 5.41) is 12.9. The molecule has 3 heterocycles. The molecule has 0 radical (unpaired) electrons. The average molecular weight is 487 g/mol. The first kappa shape index (κ1) is 25.4. The van der Waals surface area contributed by atoms with E-state index >= 15 is 0 Å². The van der Waals surface area contributed by atoms with Gasteiger partial charge in [0.05, 0.1) is 41.3 Å². The molecule has 6 nitrogen and oxygen atoms in total. The van der Waals surface area contributed by atoms with Crippen LogP contribution in [-0.4, -0.2) is 35.3 Å². The Morgan fingerprint density at radius 1 is 1.25 bits per heavy atom. The molecule has 1 aliphatic heterocycles. The van der Waals surface area contributed by atoms with Gasteiger partial charge in [0, 0.05) is 30.0 Å². The van der Waals surface area contributed by atoms with Gasteiger partial charge in [-0.25, -0.2) is 4.39 Å². The molecule has 1 fully saturated rings. The van der Waals surface area contributed by atoms with Gasteiger partial charge in [-0.2, -0.15) is 5.26 Å². The second kappa shape index (κ2) is 11.4. The van der Waals surface area contributed by atoms with E-state index in [1.165, 1.54) is 11.8 Å². The lowest BCUT2D eigenvalue weighted by atomic mass is 9.91. The first-order chi connectivity index (χ1) is 17.4. The summed E-state index contributed by atoms with van der Waals surface area (Å²) < 4.78 is 20.6. The molecule has 7 heteroatoms. The largest absolute Gasteiger partial charge is 0.381 e. The normalized spacial score (nSPS) is 14.2. The second-order valence-electron chi connectivity index (χ2n) is 9.73. The number of halogens is 1. The third-order valence-corrected chi connectivity index (χ3v) is 6.70. The highest BCUT2D eigenvalue weighted by molar-refractivity contribution is 6.04. The van der Waals surface area contributed by atoms with Crippen molar-refractivity contribution in [2.75, 3.05) is 25.2 Å². The zero-order chi connectivity index (χ0) is 25.5. The summed E-state index contributed by atoms with van der Waals surface area (Å²) in [7, 11) is 0. The molecule has 0 unspecified atom stereocenters. The summed E-state index contributed by atoms with van der Waals surface area (Å²) in [6.07, 6.45) is 5.88. The first-order valence-corrected chi connectivity index (χ1v) is 12.4. The van der Waals surface area contributed by atoms with E-state index in [1.54, 1.807) is 26.0 Å². The Hall–Kier alpha value is -3.68. The average Bonchev–Trinajstić information content (AvgIpc) is 3.24. The number of nitriles is 1. The number of anilines is 1. The van der Waals surface area contributed by atoms with Crippen LogP contribution < -0.4 is 5.32 Å². The van der Waals surface area contributed by atoms with Crippen LogP contribution in [0.3, 0.4) is 0 Å². The van der Waals surface area contributed by atoms with Crippen LogP contribution >= 0.6 is 0 Å². The Bertz CT molecular complexity index is 1320. The van der Waals surface area contributed by atoms with Crippen molar-refractivity contribution >= 4 is 22.5 Å². The summed E-state index contributed by atoms with van der Waals surface area (Å²) in [4.78, 5) is 16.7. The fourth-order valence-corrected chi connectivity index (χ4v) is 4.49. The van der Waals surface area contributed by atoms with E-state index in [0.717, 1.165) is 49.8 Å². The van der Waals surface area contributed by atoms with Crippen LogP contribution in [0.5, 0.6) is 0 Å². The SMILES string of the molecule is CC(C)(C#N)c1ccc(NC(=O)C#Cc2cc3cc(CCC4CCOCC4)ccc3n2CCF)cn1. The van der Waals surface area contributed by atoms with Crippen LogP contribution in [0.25, 0.3) is 10.9 Å². The summed E-state index contributed by atoms with van der Waals surface area (Å²) in [6.45, 7) is 4.93. The van der Waals surface area contributed by atoms with Crippen LogP contribution in [0.1, 0.15) is 50.1 Å². The van der Waals surface area contributed by atoms with Gasteiger partial charge in [-0.15, -0.1) is 0 Å². The smallest absolute Gasteiger partial charge is 0.300 e. The fraction of sp³-hybridized carbons (Fsp3) is 0.414. The fourth-order valence-electron chi connectivity index (χ4n) is 4.49. The van der Waals surface area contributed by atoms with E-state index in [4.69, 9.17) is 4.74 Å². The number of ether oxygens (including phenoxy) is 1. The molecule has 1 N–H and O–H groups in total. The Labute approximate surface area is 211 Å². The predicted molar refractivity (Wildman–Crippen MR) is 138 cm³/mol. The number of nitrogens with zero attached hydrogens (tertiary/aromatic N) is 3. The number of fused-ring (bicyclic) bond motifs is 1. The molecular weight excluding hydrogens is 455 g/mol. The van der Waals surface area contributed by atoms with E-state index in [1.807, 2.05) is 16.7 Å². The molecule has 1 amide bonds. The lowest BCUT2D eigenvalue weighted by Gasteiger charge is -2.21. The van der Waals surface area contributed by atoms with Gasteiger partial charge in [0.25, 0.3) is 0 Å². The summed E-state index contributed by atoms with van der Waals surface area (Å²) >= 11 is 0. The number of carbonyl (C=O) groups is 1. The number of pyridine rings is 1. The van der Waals surface area contributed by atoms with Crippen molar-refractivity contribution in [1.82, 2.24) is 9.55 Å². The van der Waals surface area contributed by atoms with Crippen molar-refractivity contribution < 1.29 is 13.9 Å². The number of hydrogen-bond acceptors (Lipinski definition) is 4. The van der Waals surface area contributed by atoms with E-state index in [2.05, 4.69) is 40.3 Å². The molecule has 0 bridgehead atoms. The molecule has 1 saturated heterocycles. The molecule has 36 heavy (non-hydrogen) atoms. The Balaban J connectivity index is 1.47.